The summed E-state index contributed by atoms with van der Waals surface area (Å²) in [5.74, 6) is -1.57. The maximum atomic E-state index is 10.4. The predicted molar refractivity (Wildman–Crippen MR) is 37.9 cm³/mol. The molecule has 0 saturated heterocycles. The molecule has 0 aromatic rings. The fourth-order valence-electron chi connectivity index (χ4n) is 0.340. The molecule has 0 aromatic carbocycles. The number of aliphatic carboxylic acids is 1. The van der Waals surface area contributed by atoms with Crippen molar-refractivity contribution < 1.29 is 19.4 Å². The van der Waals surface area contributed by atoms with Crippen molar-refractivity contribution in [1.82, 2.24) is 0 Å². The number of carboxylic acids is 1. The molecule has 0 atom stereocenters. The SMILES string of the molecule is COC(=O)/C=C/C=C/C(=O)O. The van der Waals surface area contributed by atoms with Crippen molar-refractivity contribution in [3.8, 4) is 0 Å². The molecule has 1 N–H and O–H groups in total. The number of hydrogen-bond acceptors (Lipinski definition) is 3. The minimum Gasteiger partial charge on any atom is -0.478 e. The second-order valence-electron chi connectivity index (χ2n) is 1.58. The Balaban J connectivity index is 3.77. The first kappa shape index (κ1) is 9.42. The van der Waals surface area contributed by atoms with Crippen molar-refractivity contribution in [2.45, 2.75) is 0 Å². The molecule has 0 aliphatic carbocycles. The molecule has 0 saturated carbocycles. The van der Waals surface area contributed by atoms with Crippen molar-refractivity contribution in [3.63, 3.8) is 0 Å². The maximum absolute atomic E-state index is 10.4. The summed E-state index contributed by atoms with van der Waals surface area (Å²) >= 11 is 0. The number of ether oxygens (including phenoxy) is 1. The third kappa shape index (κ3) is 6.30. The van der Waals surface area contributed by atoms with E-state index in [-0.39, 0.29) is 0 Å². The van der Waals surface area contributed by atoms with Gasteiger partial charge in [0.15, 0.2) is 0 Å². The highest BCUT2D eigenvalue weighted by Crippen LogP contribution is 1.80. The van der Waals surface area contributed by atoms with E-state index in [0.717, 1.165) is 12.2 Å². The van der Waals surface area contributed by atoms with Gasteiger partial charge in [-0.15, -0.1) is 0 Å². The summed E-state index contributed by atoms with van der Waals surface area (Å²) in [6.45, 7) is 0. The lowest BCUT2D eigenvalue weighted by Gasteiger charge is -1.85. The lowest BCUT2D eigenvalue weighted by molar-refractivity contribution is -0.135. The zero-order valence-electron chi connectivity index (χ0n) is 5.98. The van der Waals surface area contributed by atoms with Gasteiger partial charge >= 0.3 is 11.9 Å². The first-order valence-electron chi connectivity index (χ1n) is 2.82. The molecule has 0 aliphatic rings. The summed E-state index contributed by atoms with van der Waals surface area (Å²) in [6.07, 6.45) is 4.57. The van der Waals surface area contributed by atoms with Gasteiger partial charge in [-0.1, -0.05) is 12.2 Å². The van der Waals surface area contributed by atoms with E-state index < -0.39 is 11.9 Å². The highest BCUT2D eigenvalue weighted by molar-refractivity contribution is 5.83. The molecule has 60 valence electrons. The van der Waals surface area contributed by atoms with E-state index in [2.05, 4.69) is 4.74 Å². The van der Waals surface area contributed by atoms with Crippen molar-refractivity contribution in [2.24, 2.45) is 0 Å². The number of carbonyl (C=O) groups excluding carboxylic acids is 1. The van der Waals surface area contributed by atoms with Crippen LogP contribution in [0.4, 0.5) is 0 Å². The zero-order valence-corrected chi connectivity index (χ0v) is 5.98. The van der Waals surface area contributed by atoms with Crippen molar-refractivity contribution >= 4 is 11.9 Å². The summed E-state index contributed by atoms with van der Waals surface area (Å²) in [6, 6.07) is 0. The molecule has 0 unspecified atom stereocenters. The molecule has 11 heavy (non-hydrogen) atoms. The summed E-state index contributed by atoms with van der Waals surface area (Å²) < 4.78 is 4.25. The highest BCUT2D eigenvalue weighted by Gasteiger charge is 1.87. The first-order chi connectivity index (χ1) is 5.16. The highest BCUT2D eigenvalue weighted by atomic mass is 16.5. The molecule has 0 fully saturated rings. The lowest BCUT2D eigenvalue weighted by atomic mass is 10.4. The first-order valence-corrected chi connectivity index (χ1v) is 2.82. The molecule has 0 bridgehead atoms. The van der Waals surface area contributed by atoms with Crippen LogP contribution in [-0.2, 0) is 14.3 Å². The summed E-state index contributed by atoms with van der Waals surface area (Å²) in [4.78, 5) is 20.2. The van der Waals surface area contributed by atoms with E-state index in [1.807, 2.05) is 0 Å². The van der Waals surface area contributed by atoms with Gasteiger partial charge < -0.3 is 9.84 Å². The van der Waals surface area contributed by atoms with Gasteiger partial charge in [-0.25, -0.2) is 9.59 Å². The standard InChI is InChI=1S/C7H8O4/c1-11-7(10)5-3-2-4-6(8)9/h2-5H,1H3,(H,8,9)/b4-2+,5-3+. The normalized spacial score (nSPS) is 10.6. The van der Waals surface area contributed by atoms with Crippen LogP contribution in [0.5, 0.6) is 0 Å². The number of rotatable bonds is 3. The van der Waals surface area contributed by atoms with E-state index in [0.29, 0.717) is 0 Å². The van der Waals surface area contributed by atoms with Gasteiger partial charge in [0.1, 0.15) is 0 Å². The molecule has 0 rings (SSSR count). The van der Waals surface area contributed by atoms with Crippen molar-refractivity contribution in [1.29, 1.82) is 0 Å². The van der Waals surface area contributed by atoms with Gasteiger partial charge in [0.25, 0.3) is 0 Å². The topological polar surface area (TPSA) is 63.6 Å². The fourth-order valence-corrected chi connectivity index (χ4v) is 0.340. The Morgan fingerprint density at radius 2 is 1.82 bits per heavy atom. The number of carboxylic acid groups (broad SMARTS) is 1. The second kappa shape index (κ2) is 5.22. The average Bonchev–Trinajstić information content (AvgIpc) is 1.97. The molecule has 4 heteroatoms. The lowest BCUT2D eigenvalue weighted by Crippen LogP contribution is -1.92. The van der Waals surface area contributed by atoms with Crippen molar-refractivity contribution in [3.05, 3.63) is 24.3 Å². The number of allylic oxidation sites excluding steroid dienone is 2. The molecule has 0 aliphatic heterocycles. The van der Waals surface area contributed by atoms with Gasteiger partial charge in [0.05, 0.1) is 7.11 Å². The Morgan fingerprint density at radius 3 is 2.27 bits per heavy atom. The Kier molecular flexibility index (Phi) is 4.47. The number of hydrogen-bond donors (Lipinski definition) is 1. The van der Waals surface area contributed by atoms with E-state index >= 15 is 0 Å². The van der Waals surface area contributed by atoms with Gasteiger partial charge in [0.2, 0.25) is 0 Å². The van der Waals surface area contributed by atoms with E-state index in [1.165, 1.54) is 19.3 Å². The smallest absolute Gasteiger partial charge is 0.330 e. The summed E-state index contributed by atoms with van der Waals surface area (Å²) in [5, 5.41) is 8.10. The second-order valence-corrected chi connectivity index (χ2v) is 1.58. The van der Waals surface area contributed by atoms with E-state index in [9.17, 15) is 9.59 Å². The third-order valence-electron chi connectivity index (χ3n) is 0.783. The number of methoxy groups -OCH3 is 1. The minimum absolute atomic E-state index is 0.514. The maximum Gasteiger partial charge on any atom is 0.330 e. The predicted octanol–water partition coefficient (Wildman–Crippen LogP) is 0.356. The monoisotopic (exact) mass is 156 g/mol. The van der Waals surface area contributed by atoms with Gasteiger partial charge in [0, 0.05) is 12.2 Å². The third-order valence-corrected chi connectivity index (χ3v) is 0.783. The molecule has 0 aromatic heterocycles. The average molecular weight is 156 g/mol. The van der Waals surface area contributed by atoms with Crippen LogP contribution >= 0.6 is 0 Å². The molecule has 4 nitrogen and oxygen atoms in total. The Hall–Kier alpha value is -1.58. The molecular formula is C7H8O4. The van der Waals surface area contributed by atoms with Gasteiger partial charge in [-0.3, -0.25) is 0 Å². The molecular weight excluding hydrogens is 148 g/mol. The van der Waals surface area contributed by atoms with Crippen molar-refractivity contribution in [2.75, 3.05) is 7.11 Å². The Bertz CT molecular complexity index is 202. The van der Waals surface area contributed by atoms with Crippen LogP contribution in [0, 0.1) is 0 Å². The quantitative estimate of drug-likeness (QED) is 0.364. The molecule has 0 heterocycles. The van der Waals surface area contributed by atoms with Gasteiger partial charge in [-0.2, -0.15) is 0 Å². The largest absolute Gasteiger partial charge is 0.478 e. The summed E-state index contributed by atoms with van der Waals surface area (Å²) in [5.41, 5.74) is 0. The van der Waals surface area contributed by atoms with Crippen LogP contribution in [0.1, 0.15) is 0 Å². The van der Waals surface area contributed by atoms with E-state index in [4.69, 9.17) is 5.11 Å². The Morgan fingerprint density at radius 1 is 1.27 bits per heavy atom. The molecule has 0 amide bonds. The van der Waals surface area contributed by atoms with Crippen LogP contribution < -0.4 is 0 Å². The zero-order chi connectivity index (χ0) is 8.69. The van der Waals surface area contributed by atoms with Crippen LogP contribution in [0.15, 0.2) is 24.3 Å². The van der Waals surface area contributed by atoms with Gasteiger partial charge in [-0.05, 0) is 0 Å². The Labute approximate surface area is 63.8 Å². The number of carbonyl (C=O) groups is 2. The molecule has 0 spiro atoms. The molecule has 0 radical (unpaired) electrons. The van der Waals surface area contributed by atoms with Crippen LogP contribution in [0.25, 0.3) is 0 Å². The number of esters is 1. The van der Waals surface area contributed by atoms with Crippen LogP contribution in [0.2, 0.25) is 0 Å². The van der Waals surface area contributed by atoms with Crippen LogP contribution in [0.3, 0.4) is 0 Å². The summed E-state index contributed by atoms with van der Waals surface area (Å²) in [7, 11) is 1.24. The van der Waals surface area contributed by atoms with E-state index in [1.54, 1.807) is 0 Å². The fraction of sp³-hybridized carbons (Fsp3) is 0.143. The van der Waals surface area contributed by atoms with Crippen LogP contribution in [-0.4, -0.2) is 24.2 Å². The minimum atomic E-state index is -1.06.